The van der Waals surface area contributed by atoms with E-state index in [2.05, 4.69) is 58.1 Å². The van der Waals surface area contributed by atoms with Gasteiger partial charge < -0.3 is 5.32 Å². The SMILES string of the molecule is Cl.Cl.c1ccc(C(c2cccs2)N2CCNCC2)cc1. The molecule has 0 radical (unpaired) electrons. The zero-order valence-corrected chi connectivity index (χ0v) is 13.6. The quantitative estimate of drug-likeness (QED) is 0.925. The number of rotatable bonds is 3. The van der Waals surface area contributed by atoms with Gasteiger partial charge in [0, 0.05) is 31.1 Å². The molecule has 1 N–H and O–H groups in total. The summed E-state index contributed by atoms with van der Waals surface area (Å²) >= 11 is 1.86. The van der Waals surface area contributed by atoms with Gasteiger partial charge >= 0.3 is 0 Å². The molecule has 1 aliphatic heterocycles. The van der Waals surface area contributed by atoms with Crippen LogP contribution in [0.1, 0.15) is 16.5 Å². The number of halogens is 2. The van der Waals surface area contributed by atoms with Crippen molar-refractivity contribution in [3.63, 3.8) is 0 Å². The average molecular weight is 331 g/mol. The number of hydrogen-bond acceptors (Lipinski definition) is 3. The Morgan fingerprint density at radius 3 is 2.25 bits per heavy atom. The maximum absolute atomic E-state index is 3.43. The summed E-state index contributed by atoms with van der Waals surface area (Å²) < 4.78 is 0. The van der Waals surface area contributed by atoms with Crippen LogP contribution in [0.4, 0.5) is 0 Å². The van der Waals surface area contributed by atoms with Crippen LogP contribution in [0.5, 0.6) is 0 Å². The van der Waals surface area contributed by atoms with Gasteiger partial charge in [-0.3, -0.25) is 4.90 Å². The van der Waals surface area contributed by atoms with Gasteiger partial charge in [0.1, 0.15) is 0 Å². The zero-order chi connectivity index (χ0) is 12.2. The summed E-state index contributed by atoms with van der Waals surface area (Å²) in [7, 11) is 0. The van der Waals surface area contributed by atoms with Crippen molar-refractivity contribution in [1.82, 2.24) is 10.2 Å². The van der Waals surface area contributed by atoms with Crippen molar-refractivity contribution in [3.05, 3.63) is 58.3 Å². The van der Waals surface area contributed by atoms with Gasteiger partial charge in [-0.15, -0.1) is 36.2 Å². The number of piperazine rings is 1. The summed E-state index contributed by atoms with van der Waals surface area (Å²) in [6, 6.07) is 15.7. The third-order valence-electron chi connectivity index (χ3n) is 3.44. The zero-order valence-electron chi connectivity index (χ0n) is 11.2. The van der Waals surface area contributed by atoms with E-state index in [0.717, 1.165) is 26.2 Å². The van der Waals surface area contributed by atoms with Gasteiger partial charge in [0.15, 0.2) is 0 Å². The molecule has 1 saturated heterocycles. The number of nitrogens with one attached hydrogen (secondary N) is 1. The summed E-state index contributed by atoms with van der Waals surface area (Å²) in [6.07, 6.45) is 0. The lowest BCUT2D eigenvalue weighted by Gasteiger charge is -2.34. The Labute approximate surface area is 137 Å². The van der Waals surface area contributed by atoms with E-state index in [0.29, 0.717) is 6.04 Å². The Morgan fingerprint density at radius 1 is 0.950 bits per heavy atom. The lowest BCUT2D eigenvalue weighted by molar-refractivity contribution is 0.200. The molecule has 1 aromatic carbocycles. The van der Waals surface area contributed by atoms with Crippen LogP contribution in [0.3, 0.4) is 0 Å². The largest absolute Gasteiger partial charge is 0.314 e. The molecule has 1 fully saturated rings. The fourth-order valence-corrected chi connectivity index (χ4v) is 3.46. The number of benzene rings is 1. The Hall–Kier alpha value is -0.580. The highest BCUT2D eigenvalue weighted by Gasteiger charge is 2.24. The van der Waals surface area contributed by atoms with Crippen LogP contribution in [-0.2, 0) is 0 Å². The second kappa shape index (κ2) is 8.65. The molecule has 0 amide bonds. The predicted octanol–water partition coefficient (Wildman–Crippen LogP) is 3.59. The minimum Gasteiger partial charge on any atom is -0.314 e. The highest BCUT2D eigenvalue weighted by atomic mass is 35.5. The van der Waals surface area contributed by atoms with E-state index < -0.39 is 0 Å². The van der Waals surface area contributed by atoms with Crippen LogP contribution in [0.25, 0.3) is 0 Å². The molecule has 1 aliphatic rings. The first-order valence-corrected chi connectivity index (χ1v) is 7.36. The smallest absolute Gasteiger partial charge is 0.0696 e. The molecule has 2 aromatic rings. The van der Waals surface area contributed by atoms with Gasteiger partial charge in [0.25, 0.3) is 0 Å². The van der Waals surface area contributed by atoms with Gasteiger partial charge in [0.2, 0.25) is 0 Å². The topological polar surface area (TPSA) is 15.3 Å². The monoisotopic (exact) mass is 330 g/mol. The first-order valence-electron chi connectivity index (χ1n) is 6.48. The summed E-state index contributed by atoms with van der Waals surface area (Å²) in [6.45, 7) is 4.43. The second-order valence-electron chi connectivity index (χ2n) is 4.61. The second-order valence-corrected chi connectivity index (χ2v) is 5.59. The van der Waals surface area contributed by atoms with Crippen molar-refractivity contribution in [3.8, 4) is 0 Å². The van der Waals surface area contributed by atoms with Crippen molar-refractivity contribution >= 4 is 36.2 Å². The fourth-order valence-electron chi connectivity index (χ4n) is 2.58. The normalized spacial score (nSPS) is 16.8. The van der Waals surface area contributed by atoms with E-state index in [-0.39, 0.29) is 24.8 Å². The van der Waals surface area contributed by atoms with Gasteiger partial charge in [-0.05, 0) is 17.0 Å². The molecule has 0 bridgehead atoms. The van der Waals surface area contributed by atoms with E-state index in [1.807, 2.05) is 11.3 Å². The molecule has 0 saturated carbocycles. The van der Waals surface area contributed by atoms with Crippen molar-refractivity contribution in [1.29, 1.82) is 0 Å². The van der Waals surface area contributed by atoms with Crippen LogP contribution in [0, 0.1) is 0 Å². The summed E-state index contributed by atoms with van der Waals surface area (Å²) in [4.78, 5) is 4.03. The molecular weight excluding hydrogens is 311 g/mol. The van der Waals surface area contributed by atoms with Gasteiger partial charge in [-0.25, -0.2) is 0 Å². The Balaban J connectivity index is 0.000001000. The Bertz CT molecular complexity index is 470. The van der Waals surface area contributed by atoms with Crippen LogP contribution < -0.4 is 5.32 Å². The number of nitrogens with zero attached hydrogens (tertiary/aromatic N) is 1. The maximum Gasteiger partial charge on any atom is 0.0696 e. The molecule has 20 heavy (non-hydrogen) atoms. The van der Waals surface area contributed by atoms with Crippen LogP contribution in [0.2, 0.25) is 0 Å². The summed E-state index contributed by atoms with van der Waals surface area (Å²) in [5.74, 6) is 0. The van der Waals surface area contributed by atoms with Crippen LogP contribution >= 0.6 is 36.2 Å². The van der Waals surface area contributed by atoms with E-state index in [1.54, 1.807) is 0 Å². The highest BCUT2D eigenvalue weighted by Crippen LogP contribution is 2.31. The molecule has 1 atom stereocenters. The number of hydrogen-bond donors (Lipinski definition) is 1. The van der Waals surface area contributed by atoms with Crippen molar-refractivity contribution < 1.29 is 0 Å². The third-order valence-corrected chi connectivity index (χ3v) is 4.37. The fraction of sp³-hybridized carbons (Fsp3) is 0.333. The predicted molar refractivity (Wildman–Crippen MR) is 91.5 cm³/mol. The minimum atomic E-state index is 0. The molecule has 0 aliphatic carbocycles. The highest BCUT2D eigenvalue weighted by molar-refractivity contribution is 7.10. The molecule has 3 rings (SSSR count). The van der Waals surface area contributed by atoms with Crippen molar-refractivity contribution in [2.24, 2.45) is 0 Å². The molecule has 0 spiro atoms. The number of thiophene rings is 1. The third kappa shape index (κ3) is 3.96. The lowest BCUT2D eigenvalue weighted by Crippen LogP contribution is -2.45. The van der Waals surface area contributed by atoms with Crippen LogP contribution in [0.15, 0.2) is 47.8 Å². The first kappa shape index (κ1) is 17.5. The first-order chi connectivity index (χ1) is 8.95. The minimum absolute atomic E-state index is 0. The molecule has 110 valence electrons. The molecule has 2 nitrogen and oxygen atoms in total. The van der Waals surface area contributed by atoms with E-state index in [1.165, 1.54) is 10.4 Å². The Kier molecular flexibility index (Phi) is 7.56. The van der Waals surface area contributed by atoms with Gasteiger partial charge in [0.05, 0.1) is 6.04 Å². The van der Waals surface area contributed by atoms with E-state index >= 15 is 0 Å². The van der Waals surface area contributed by atoms with Crippen molar-refractivity contribution in [2.75, 3.05) is 26.2 Å². The molecule has 1 unspecified atom stereocenters. The van der Waals surface area contributed by atoms with E-state index in [4.69, 9.17) is 0 Å². The summed E-state index contributed by atoms with van der Waals surface area (Å²) in [5.41, 5.74) is 1.40. The van der Waals surface area contributed by atoms with Gasteiger partial charge in [-0.1, -0.05) is 36.4 Å². The van der Waals surface area contributed by atoms with Crippen molar-refractivity contribution in [2.45, 2.75) is 6.04 Å². The maximum atomic E-state index is 3.43. The molecule has 2 heterocycles. The average Bonchev–Trinajstić information content (AvgIpc) is 2.95. The summed E-state index contributed by atoms with van der Waals surface area (Å²) in [5, 5.41) is 5.60. The van der Waals surface area contributed by atoms with E-state index in [9.17, 15) is 0 Å². The Morgan fingerprint density at radius 2 is 1.65 bits per heavy atom. The van der Waals surface area contributed by atoms with Crippen LogP contribution in [-0.4, -0.2) is 31.1 Å². The molecule has 5 heteroatoms. The molecular formula is C15H20Cl2N2S. The molecule has 1 aromatic heterocycles. The lowest BCUT2D eigenvalue weighted by atomic mass is 10.0. The van der Waals surface area contributed by atoms with Gasteiger partial charge in [-0.2, -0.15) is 0 Å². The standard InChI is InChI=1S/C15H18N2S.2ClH/c1-2-5-13(6-3-1)15(14-7-4-12-18-14)17-10-8-16-9-11-17;;/h1-7,12,15-16H,8-11H2;2*1H.